The van der Waals surface area contributed by atoms with Crippen LogP contribution in [-0.4, -0.2) is 35.9 Å². The summed E-state index contributed by atoms with van der Waals surface area (Å²) in [6.07, 6.45) is 1.97. The van der Waals surface area contributed by atoms with Crippen molar-refractivity contribution in [1.82, 2.24) is 5.32 Å². The molecule has 1 fully saturated rings. The van der Waals surface area contributed by atoms with Gasteiger partial charge in [-0.2, -0.15) is 13.5 Å². The van der Waals surface area contributed by atoms with Crippen molar-refractivity contribution in [3.8, 4) is 5.75 Å². The van der Waals surface area contributed by atoms with Crippen LogP contribution in [0.15, 0.2) is 51.5 Å². The highest BCUT2D eigenvalue weighted by molar-refractivity contribution is 8.15. The minimum atomic E-state index is -4.34. The second-order valence-corrected chi connectivity index (χ2v) is 9.68. The molecule has 1 aliphatic heterocycles. The Morgan fingerprint density at radius 1 is 1.25 bits per heavy atom. The first-order chi connectivity index (χ1) is 15.1. The smallest absolute Gasteiger partial charge is 0.339 e. The number of nitro benzene ring substituents is 1. The summed E-state index contributed by atoms with van der Waals surface area (Å²) in [5.41, 5.74) is 1.17. The number of aryl methyl sites for hydroxylation is 2. The first kappa shape index (κ1) is 23.4. The molecule has 12 heteroatoms. The molecule has 1 aliphatic rings. The molecule has 0 aliphatic carbocycles. The van der Waals surface area contributed by atoms with Gasteiger partial charge in [0.1, 0.15) is 4.90 Å². The maximum atomic E-state index is 12.7. The van der Waals surface area contributed by atoms with Crippen molar-refractivity contribution in [1.29, 1.82) is 0 Å². The molecule has 32 heavy (non-hydrogen) atoms. The molecule has 1 N–H and O–H groups in total. The fourth-order valence-electron chi connectivity index (χ4n) is 2.82. The van der Waals surface area contributed by atoms with Gasteiger partial charge in [-0.3, -0.25) is 14.9 Å². The van der Waals surface area contributed by atoms with Gasteiger partial charge in [-0.1, -0.05) is 36.4 Å². The van der Waals surface area contributed by atoms with Gasteiger partial charge in [0, 0.05) is 17.2 Å². The van der Waals surface area contributed by atoms with Crippen LogP contribution in [0.5, 0.6) is 5.75 Å². The predicted octanol–water partition coefficient (Wildman–Crippen LogP) is 3.31. The van der Waals surface area contributed by atoms with Crippen molar-refractivity contribution >= 4 is 44.9 Å². The summed E-state index contributed by atoms with van der Waals surface area (Å²) < 4.78 is 30.7. The number of benzene rings is 2. The van der Waals surface area contributed by atoms with E-state index in [0.717, 1.165) is 11.6 Å². The van der Waals surface area contributed by atoms with Crippen molar-refractivity contribution in [3.05, 3.63) is 63.2 Å². The van der Waals surface area contributed by atoms with Crippen LogP contribution in [0, 0.1) is 24.0 Å². The molecule has 2 aromatic rings. The highest BCUT2D eigenvalue weighted by atomic mass is 32.2. The Hall–Kier alpha value is -3.25. The summed E-state index contributed by atoms with van der Waals surface area (Å²) in [7, 11) is -4.34. The van der Waals surface area contributed by atoms with Crippen LogP contribution in [0.3, 0.4) is 0 Å². The molecule has 1 atom stereocenters. The van der Waals surface area contributed by atoms with Crippen LogP contribution in [0.25, 0.3) is 0 Å². The van der Waals surface area contributed by atoms with Gasteiger partial charge in [0.15, 0.2) is 10.9 Å². The van der Waals surface area contributed by atoms with E-state index in [2.05, 4.69) is 15.5 Å². The van der Waals surface area contributed by atoms with E-state index >= 15 is 0 Å². The molecule has 0 radical (unpaired) electrons. The number of carbonyl (C=O) groups is 1. The highest BCUT2D eigenvalue weighted by Crippen LogP contribution is 2.27. The van der Waals surface area contributed by atoms with Gasteiger partial charge in [0.2, 0.25) is 5.91 Å². The Bertz CT molecular complexity index is 1240. The van der Waals surface area contributed by atoms with Crippen LogP contribution in [0.4, 0.5) is 5.69 Å². The Kier molecular flexibility index (Phi) is 6.94. The number of rotatable bonds is 7. The molecular weight excluding hydrogens is 456 g/mol. The van der Waals surface area contributed by atoms with Crippen LogP contribution in [0.2, 0.25) is 0 Å². The molecule has 2 aromatic carbocycles. The molecule has 168 valence electrons. The third-order valence-electron chi connectivity index (χ3n) is 4.52. The van der Waals surface area contributed by atoms with E-state index in [9.17, 15) is 23.3 Å². The highest BCUT2D eigenvalue weighted by Gasteiger charge is 2.28. The van der Waals surface area contributed by atoms with E-state index < -0.39 is 15.0 Å². The lowest BCUT2D eigenvalue weighted by Crippen LogP contribution is -2.24. The van der Waals surface area contributed by atoms with Crippen LogP contribution in [0.1, 0.15) is 30.0 Å². The van der Waals surface area contributed by atoms with E-state index in [-0.39, 0.29) is 27.5 Å². The van der Waals surface area contributed by atoms with E-state index in [4.69, 9.17) is 4.18 Å². The number of carbonyl (C=O) groups excluding carboxylic acids is 1. The van der Waals surface area contributed by atoms with Crippen LogP contribution < -0.4 is 9.50 Å². The Morgan fingerprint density at radius 3 is 2.66 bits per heavy atom. The van der Waals surface area contributed by atoms with Gasteiger partial charge in [0.05, 0.1) is 16.4 Å². The summed E-state index contributed by atoms with van der Waals surface area (Å²) in [5, 5.41) is 21.8. The fraction of sp³-hybridized carbons (Fsp3) is 0.250. The average molecular weight is 477 g/mol. The molecule has 10 nitrogen and oxygen atoms in total. The quantitative estimate of drug-likeness (QED) is 0.280. The van der Waals surface area contributed by atoms with Gasteiger partial charge in [-0.15, -0.1) is 5.10 Å². The third-order valence-corrected chi connectivity index (χ3v) is 6.99. The van der Waals surface area contributed by atoms with Gasteiger partial charge in [-0.25, -0.2) is 0 Å². The SMILES string of the molecule is CCC1S/C(=N/N=C/c2cc(C)ccc2OS(=O)(=O)c2ccc(C)c([N+](=O)[O-])c2)NC1=O. The van der Waals surface area contributed by atoms with Crippen molar-refractivity contribution in [2.75, 3.05) is 0 Å². The van der Waals surface area contributed by atoms with E-state index in [0.29, 0.717) is 22.7 Å². The predicted molar refractivity (Wildman–Crippen MR) is 122 cm³/mol. The van der Waals surface area contributed by atoms with Gasteiger partial charge >= 0.3 is 10.1 Å². The molecule has 0 saturated carbocycles. The lowest BCUT2D eigenvalue weighted by atomic mass is 10.1. The zero-order valence-electron chi connectivity index (χ0n) is 17.4. The number of hydrogen-bond acceptors (Lipinski definition) is 9. The molecule has 0 spiro atoms. The van der Waals surface area contributed by atoms with Gasteiger partial charge in [0.25, 0.3) is 5.69 Å². The largest absolute Gasteiger partial charge is 0.378 e. The minimum absolute atomic E-state index is 0.0164. The first-order valence-corrected chi connectivity index (χ1v) is 11.8. The molecule has 0 bridgehead atoms. The van der Waals surface area contributed by atoms with E-state index in [1.807, 2.05) is 13.8 Å². The number of amides is 1. The number of thioether (sulfide) groups is 1. The third kappa shape index (κ3) is 5.32. The maximum Gasteiger partial charge on any atom is 0.339 e. The Morgan fingerprint density at radius 2 is 2.00 bits per heavy atom. The number of nitrogens with one attached hydrogen (secondary N) is 1. The van der Waals surface area contributed by atoms with E-state index in [1.165, 1.54) is 43.1 Å². The number of hydrogen-bond donors (Lipinski definition) is 1. The molecular formula is C20H20N4O6S2. The summed E-state index contributed by atoms with van der Waals surface area (Å²) in [6, 6.07) is 8.33. The Labute approximate surface area is 189 Å². The fourth-order valence-corrected chi connectivity index (χ4v) is 4.65. The molecule has 0 aromatic heterocycles. The second-order valence-electron chi connectivity index (χ2n) is 6.94. The summed E-state index contributed by atoms with van der Waals surface area (Å²) in [4.78, 5) is 21.9. The molecule has 1 amide bonds. The topological polar surface area (TPSA) is 140 Å². The summed E-state index contributed by atoms with van der Waals surface area (Å²) >= 11 is 1.27. The molecule has 1 unspecified atom stereocenters. The molecule has 1 saturated heterocycles. The maximum absolute atomic E-state index is 12.7. The summed E-state index contributed by atoms with van der Waals surface area (Å²) in [6.45, 7) is 5.21. The van der Waals surface area contributed by atoms with Crippen molar-refractivity contribution < 1.29 is 22.3 Å². The van der Waals surface area contributed by atoms with Crippen molar-refractivity contribution in [2.24, 2.45) is 10.2 Å². The lowest BCUT2D eigenvalue weighted by molar-refractivity contribution is -0.385. The normalized spacial score (nSPS) is 17.7. The lowest BCUT2D eigenvalue weighted by Gasteiger charge is -2.10. The second kappa shape index (κ2) is 9.49. The van der Waals surface area contributed by atoms with Gasteiger partial charge in [-0.05, 0) is 38.5 Å². The van der Waals surface area contributed by atoms with Gasteiger partial charge < -0.3 is 9.50 Å². The van der Waals surface area contributed by atoms with Crippen LogP contribution in [-0.2, 0) is 14.9 Å². The zero-order valence-corrected chi connectivity index (χ0v) is 19.1. The minimum Gasteiger partial charge on any atom is -0.378 e. The number of amidine groups is 1. The van der Waals surface area contributed by atoms with E-state index in [1.54, 1.807) is 12.1 Å². The molecule has 3 rings (SSSR count). The number of nitrogens with zero attached hydrogens (tertiary/aromatic N) is 3. The van der Waals surface area contributed by atoms with Crippen molar-refractivity contribution in [3.63, 3.8) is 0 Å². The summed E-state index contributed by atoms with van der Waals surface area (Å²) in [5.74, 6) is -0.151. The van der Waals surface area contributed by atoms with Crippen LogP contribution >= 0.6 is 11.8 Å². The number of nitro groups is 1. The van der Waals surface area contributed by atoms with Crippen molar-refractivity contribution in [2.45, 2.75) is 37.3 Å². The monoisotopic (exact) mass is 476 g/mol. The average Bonchev–Trinajstić information content (AvgIpc) is 3.09. The standard InChI is InChI=1S/C20H20N4O6S2/c1-4-18-19(25)22-20(31-18)23-21-11-14-9-12(2)5-8-17(14)30-32(28,29)15-7-6-13(3)16(10-15)24(26)27/h5-11,18H,4H2,1-3H3,(H,22,23,25)/b21-11+. The Balaban J connectivity index is 1.88. The molecule has 1 heterocycles. The zero-order chi connectivity index (χ0) is 23.5. The first-order valence-electron chi connectivity index (χ1n) is 9.49.